The fraction of sp³-hybridized carbons (Fsp3) is 0.636. The van der Waals surface area contributed by atoms with Gasteiger partial charge in [0.15, 0.2) is 0 Å². The minimum Gasteiger partial charge on any atom is -0.355 e. The molecule has 1 amide bonds. The van der Waals surface area contributed by atoms with E-state index in [9.17, 15) is 4.79 Å². The Hall–Kier alpha value is -0.940. The van der Waals surface area contributed by atoms with E-state index in [1.54, 1.807) is 11.3 Å². The van der Waals surface area contributed by atoms with Gasteiger partial charge in [0.1, 0.15) is 0 Å². The van der Waals surface area contributed by atoms with Crippen molar-refractivity contribution in [2.75, 3.05) is 13.1 Å². The second kappa shape index (κ2) is 6.60. The first-order valence-corrected chi connectivity index (χ1v) is 6.37. The zero-order chi connectivity index (χ0) is 12.0. The molecule has 0 saturated heterocycles. The molecule has 0 fully saturated rings. The summed E-state index contributed by atoms with van der Waals surface area (Å²) >= 11 is 1.64. The summed E-state index contributed by atoms with van der Waals surface area (Å²) in [6.07, 6.45) is 0.803. The third-order valence-electron chi connectivity index (χ3n) is 2.04. The van der Waals surface area contributed by atoms with Gasteiger partial charge in [-0.05, 0) is 6.92 Å². The summed E-state index contributed by atoms with van der Waals surface area (Å²) in [6.45, 7) is 7.06. The number of amides is 1. The second-order valence-corrected chi connectivity index (χ2v) is 5.06. The van der Waals surface area contributed by atoms with Gasteiger partial charge in [-0.3, -0.25) is 4.79 Å². The van der Waals surface area contributed by atoms with Crippen molar-refractivity contribution in [1.29, 1.82) is 0 Å². The van der Waals surface area contributed by atoms with Gasteiger partial charge in [-0.15, -0.1) is 11.3 Å². The maximum absolute atomic E-state index is 11.4. The first kappa shape index (κ1) is 13.1. The van der Waals surface area contributed by atoms with E-state index in [0.29, 0.717) is 19.1 Å². The Labute approximate surface area is 100 Å². The molecule has 0 aromatic carbocycles. The Balaban J connectivity index is 2.13. The van der Waals surface area contributed by atoms with Gasteiger partial charge in [-0.2, -0.15) is 0 Å². The van der Waals surface area contributed by atoms with Crippen LogP contribution in [-0.2, 0) is 11.2 Å². The smallest absolute Gasteiger partial charge is 0.233 e. The normalized spacial score (nSPS) is 10.8. The molecule has 0 unspecified atom stereocenters. The summed E-state index contributed by atoms with van der Waals surface area (Å²) in [5.41, 5.74) is 1.06. The Morgan fingerprint density at radius 3 is 2.88 bits per heavy atom. The molecule has 0 spiro atoms. The van der Waals surface area contributed by atoms with Gasteiger partial charge < -0.3 is 10.6 Å². The Bertz CT molecular complexity index is 336. The Kier molecular flexibility index (Phi) is 5.42. The molecule has 1 rings (SSSR count). The molecule has 0 saturated carbocycles. The summed E-state index contributed by atoms with van der Waals surface area (Å²) in [5, 5.41) is 9.04. The lowest BCUT2D eigenvalue weighted by Gasteiger charge is -2.08. The second-order valence-electron chi connectivity index (χ2n) is 3.99. The molecule has 0 aliphatic rings. The lowest BCUT2D eigenvalue weighted by atomic mass is 10.3. The van der Waals surface area contributed by atoms with Crippen molar-refractivity contribution in [1.82, 2.24) is 15.6 Å². The highest BCUT2D eigenvalue weighted by molar-refractivity contribution is 7.09. The molecule has 1 aromatic rings. The molecular formula is C11H19N3OS. The van der Waals surface area contributed by atoms with Crippen LogP contribution >= 0.6 is 11.3 Å². The van der Waals surface area contributed by atoms with Crippen molar-refractivity contribution in [3.63, 3.8) is 0 Å². The van der Waals surface area contributed by atoms with Crippen molar-refractivity contribution in [3.8, 4) is 0 Å². The fourth-order valence-electron chi connectivity index (χ4n) is 1.21. The van der Waals surface area contributed by atoms with Crippen LogP contribution < -0.4 is 10.6 Å². The van der Waals surface area contributed by atoms with E-state index in [0.717, 1.165) is 17.1 Å². The molecule has 0 atom stereocenters. The SMILES string of the molecule is Cc1nc(CCNC(=O)CNC(C)C)cs1. The zero-order valence-corrected chi connectivity index (χ0v) is 10.9. The van der Waals surface area contributed by atoms with Crippen molar-refractivity contribution >= 4 is 17.2 Å². The highest BCUT2D eigenvalue weighted by Gasteiger charge is 2.02. The fourth-order valence-corrected chi connectivity index (χ4v) is 1.86. The summed E-state index contributed by atoms with van der Waals surface area (Å²) in [5.74, 6) is 0.0423. The first-order chi connectivity index (χ1) is 7.58. The van der Waals surface area contributed by atoms with E-state index >= 15 is 0 Å². The average molecular weight is 241 g/mol. The summed E-state index contributed by atoms with van der Waals surface area (Å²) < 4.78 is 0. The first-order valence-electron chi connectivity index (χ1n) is 5.49. The van der Waals surface area contributed by atoms with Gasteiger partial charge in [-0.1, -0.05) is 13.8 Å². The van der Waals surface area contributed by atoms with E-state index in [1.165, 1.54) is 0 Å². The van der Waals surface area contributed by atoms with Crippen LogP contribution in [0.2, 0.25) is 0 Å². The molecule has 0 radical (unpaired) electrons. The van der Waals surface area contributed by atoms with Crippen molar-refractivity contribution < 1.29 is 4.79 Å². The Morgan fingerprint density at radius 1 is 1.56 bits per heavy atom. The van der Waals surface area contributed by atoms with Crippen molar-refractivity contribution in [2.45, 2.75) is 33.2 Å². The van der Waals surface area contributed by atoms with Crippen LogP contribution in [0.5, 0.6) is 0 Å². The molecule has 0 bridgehead atoms. The number of nitrogens with one attached hydrogen (secondary N) is 2. The molecule has 2 N–H and O–H groups in total. The quantitative estimate of drug-likeness (QED) is 0.784. The molecule has 5 heteroatoms. The van der Waals surface area contributed by atoms with Gasteiger partial charge in [-0.25, -0.2) is 4.98 Å². The van der Waals surface area contributed by atoms with Crippen LogP contribution in [0.3, 0.4) is 0 Å². The van der Waals surface area contributed by atoms with Gasteiger partial charge in [0.05, 0.1) is 17.2 Å². The van der Waals surface area contributed by atoms with E-state index in [2.05, 4.69) is 15.6 Å². The molecule has 16 heavy (non-hydrogen) atoms. The number of carbonyl (C=O) groups is 1. The van der Waals surface area contributed by atoms with E-state index in [-0.39, 0.29) is 5.91 Å². The zero-order valence-electron chi connectivity index (χ0n) is 10.0. The van der Waals surface area contributed by atoms with Crippen LogP contribution in [-0.4, -0.2) is 30.0 Å². The average Bonchev–Trinajstić information content (AvgIpc) is 2.61. The highest BCUT2D eigenvalue weighted by Crippen LogP contribution is 2.07. The highest BCUT2D eigenvalue weighted by atomic mass is 32.1. The standard InChI is InChI=1S/C11H19N3OS/c1-8(2)13-6-11(15)12-5-4-10-7-16-9(3)14-10/h7-8,13H,4-6H2,1-3H3,(H,12,15). The van der Waals surface area contributed by atoms with Crippen LogP contribution in [0.1, 0.15) is 24.5 Å². The molecule has 90 valence electrons. The van der Waals surface area contributed by atoms with E-state index < -0.39 is 0 Å². The number of carbonyl (C=O) groups excluding carboxylic acids is 1. The predicted octanol–water partition coefficient (Wildman–Crippen LogP) is 1.11. The number of nitrogens with zero attached hydrogens (tertiary/aromatic N) is 1. The largest absolute Gasteiger partial charge is 0.355 e. The summed E-state index contributed by atoms with van der Waals surface area (Å²) in [7, 11) is 0. The van der Waals surface area contributed by atoms with Crippen molar-refractivity contribution in [2.24, 2.45) is 0 Å². The maximum atomic E-state index is 11.4. The van der Waals surface area contributed by atoms with Crippen molar-refractivity contribution in [3.05, 3.63) is 16.1 Å². The van der Waals surface area contributed by atoms with Crippen LogP contribution in [0.25, 0.3) is 0 Å². The summed E-state index contributed by atoms with van der Waals surface area (Å²) in [6, 6.07) is 0.340. The Morgan fingerprint density at radius 2 is 2.31 bits per heavy atom. The molecule has 4 nitrogen and oxygen atoms in total. The third kappa shape index (κ3) is 5.23. The molecule has 1 aromatic heterocycles. The number of hydrogen-bond acceptors (Lipinski definition) is 4. The number of hydrogen-bond donors (Lipinski definition) is 2. The van der Waals surface area contributed by atoms with Gasteiger partial charge in [0.2, 0.25) is 5.91 Å². The topological polar surface area (TPSA) is 54.0 Å². The van der Waals surface area contributed by atoms with Gasteiger partial charge in [0.25, 0.3) is 0 Å². The number of aryl methyl sites for hydroxylation is 1. The van der Waals surface area contributed by atoms with Crippen LogP contribution in [0, 0.1) is 6.92 Å². The predicted molar refractivity (Wildman–Crippen MR) is 66.7 cm³/mol. The number of thiazole rings is 1. The minimum absolute atomic E-state index is 0.0423. The maximum Gasteiger partial charge on any atom is 0.233 e. The van der Waals surface area contributed by atoms with E-state index in [4.69, 9.17) is 0 Å². The minimum atomic E-state index is 0.0423. The van der Waals surface area contributed by atoms with Crippen LogP contribution in [0.15, 0.2) is 5.38 Å². The van der Waals surface area contributed by atoms with E-state index in [1.807, 2.05) is 26.2 Å². The summed E-state index contributed by atoms with van der Waals surface area (Å²) in [4.78, 5) is 15.7. The molecule has 0 aliphatic heterocycles. The van der Waals surface area contributed by atoms with Gasteiger partial charge in [0, 0.05) is 24.4 Å². The lowest BCUT2D eigenvalue weighted by molar-refractivity contribution is -0.120. The number of rotatable bonds is 6. The van der Waals surface area contributed by atoms with Crippen LogP contribution in [0.4, 0.5) is 0 Å². The third-order valence-corrected chi connectivity index (χ3v) is 2.86. The lowest BCUT2D eigenvalue weighted by Crippen LogP contribution is -2.37. The van der Waals surface area contributed by atoms with Gasteiger partial charge >= 0.3 is 0 Å². The number of aromatic nitrogens is 1. The molecule has 0 aliphatic carbocycles. The monoisotopic (exact) mass is 241 g/mol. The molecular weight excluding hydrogens is 222 g/mol. The molecule has 1 heterocycles.